The maximum absolute atomic E-state index is 11.9. The van der Waals surface area contributed by atoms with E-state index in [1.807, 2.05) is 26.0 Å². The van der Waals surface area contributed by atoms with Crippen molar-refractivity contribution in [1.82, 2.24) is 5.32 Å². The SMILES string of the molecule is CCC(N)(CC)CNC(=O)c1ccc(Br)cc1. The highest BCUT2D eigenvalue weighted by Gasteiger charge is 2.21. The van der Waals surface area contributed by atoms with E-state index in [1.54, 1.807) is 12.1 Å². The lowest BCUT2D eigenvalue weighted by Gasteiger charge is -2.26. The number of hydrogen-bond donors (Lipinski definition) is 2. The first-order valence-corrected chi connectivity index (χ1v) is 6.62. The number of carbonyl (C=O) groups excluding carboxylic acids is 1. The highest BCUT2D eigenvalue weighted by atomic mass is 79.9. The van der Waals surface area contributed by atoms with Gasteiger partial charge in [-0.2, -0.15) is 0 Å². The highest BCUT2D eigenvalue weighted by Crippen LogP contribution is 2.12. The van der Waals surface area contributed by atoms with E-state index < -0.39 is 0 Å². The van der Waals surface area contributed by atoms with Crippen molar-refractivity contribution in [3.63, 3.8) is 0 Å². The molecule has 17 heavy (non-hydrogen) atoms. The highest BCUT2D eigenvalue weighted by molar-refractivity contribution is 9.10. The Bertz CT molecular complexity index is 372. The fraction of sp³-hybridized carbons (Fsp3) is 0.462. The van der Waals surface area contributed by atoms with Crippen LogP contribution in [0.1, 0.15) is 37.0 Å². The van der Waals surface area contributed by atoms with Crippen molar-refractivity contribution in [2.24, 2.45) is 5.73 Å². The molecule has 0 heterocycles. The van der Waals surface area contributed by atoms with Crippen molar-refractivity contribution in [2.75, 3.05) is 6.54 Å². The van der Waals surface area contributed by atoms with E-state index in [0.29, 0.717) is 12.1 Å². The van der Waals surface area contributed by atoms with Gasteiger partial charge in [-0.15, -0.1) is 0 Å². The lowest BCUT2D eigenvalue weighted by Crippen LogP contribution is -2.49. The second kappa shape index (κ2) is 6.17. The molecule has 0 atom stereocenters. The third-order valence-electron chi connectivity index (χ3n) is 3.12. The number of nitrogens with one attached hydrogen (secondary N) is 1. The Kier molecular flexibility index (Phi) is 5.15. The number of amides is 1. The van der Waals surface area contributed by atoms with Gasteiger partial charge in [-0.1, -0.05) is 29.8 Å². The Labute approximate surface area is 111 Å². The van der Waals surface area contributed by atoms with Crippen LogP contribution in [0.15, 0.2) is 28.7 Å². The molecule has 3 nitrogen and oxygen atoms in total. The molecule has 3 N–H and O–H groups in total. The Balaban J connectivity index is 2.58. The van der Waals surface area contributed by atoms with Gasteiger partial charge in [-0.25, -0.2) is 0 Å². The Hall–Kier alpha value is -0.870. The van der Waals surface area contributed by atoms with Crippen LogP contribution in [-0.2, 0) is 0 Å². The number of hydrogen-bond acceptors (Lipinski definition) is 2. The molecule has 0 spiro atoms. The molecule has 4 heteroatoms. The third kappa shape index (κ3) is 4.13. The molecule has 0 aliphatic rings. The minimum Gasteiger partial charge on any atom is -0.350 e. The van der Waals surface area contributed by atoms with Gasteiger partial charge in [0.15, 0.2) is 0 Å². The summed E-state index contributed by atoms with van der Waals surface area (Å²) in [5.74, 6) is -0.0748. The lowest BCUT2D eigenvalue weighted by molar-refractivity contribution is 0.0942. The normalized spacial score (nSPS) is 11.3. The van der Waals surface area contributed by atoms with E-state index in [0.717, 1.165) is 17.3 Å². The predicted octanol–water partition coefficient (Wildman–Crippen LogP) is 2.70. The van der Waals surface area contributed by atoms with E-state index in [9.17, 15) is 4.79 Å². The quantitative estimate of drug-likeness (QED) is 0.878. The zero-order valence-corrected chi connectivity index (χ0v) is 11.9. The number of nitrogens with two attached hydrogens (primary N) is 1. The minimum absolute atomic E-state index is 0.0748. The number of rotatable bonds is 5. The predicted molar refractivity (Wildman–Crippen MR) is 74.0 cm³/mol. The summed E-state index contributed by atoms with van der Waals surface area (Å²) in [5.41, 5.74) is 6.48. The summed E-state index contributed by atoms with van der Waals surface area (Å²) in [7, 11) is 0. The van der Waals surface area contributed by atoms with Crippen molar-refractivity contribution >= 4 is 21.8 Å². The lowest BCUT2D eigenvalue weighted by atomic mass is 9.94. The number of halogens is 1. The van der Waals surface area contributed by atoms with E-state index in [-0.39, 0.29) is 11.4 Å². The molecule has 1 rings (SSSR count). The van der Waals surface area contributed by atoms with Crippen LogP contribution in [0.25, 0.3) is 0 Å². The summed E-state index contributed by atoms with van der Waals surface area (Å²) in [6.07, 6.45) is 1.70. The largest absolute Gasteiger partial charge is 0.350 e. The first-order chi connectivity index (χ1) is 8.00. The smallest absolute Gasteiger partial charge is 0.251 e. The van der Waals surface area contributed by atoms with Crippen LogP contribution >= 0.6 is 15.9 Å². The van der Waals surface area contributed by atoms with Gasteiger partial charge in [0.1, 0.15) is 0 Å². The van der Waals surface area contributed by atoms with Crippen molar-refractivity contribution in [2.45, 2.75) is 32.2 Å². The minimum atomic E-state index is -0.301. The van der Waals surface area contributed by atoms with Crippen LogP contribution in [-0.4, -0.2) is 18.0 Å². The average Bonchev–Trinajstić information content (AvgIpc) is 2.36. The molecule has 0 aliphatic carbocycles. The van der Waals surface area contributed by atoms with Crippen LogP contribution in [0, 0.1) is 0 Å². The third-order valence-corrected chi connectivity index (χ3v) is 3.64. The van der Waals surface area contributed by atoms with E-state index in [2.05, 4.69) is 21.2 Å². The van der Waals surface area contributed by atoms with Crippen LogP contribution < -0.4 is 11.1 Å². The van der Waals surface area contributed by atoms with Gasteiger partial charge < -0.3 is 11.1 Å². The summed E-state index contributed by atoms with van der Waals surface area (Å²) in [6.45, 7) is 4.58. The molecular weight excluding hydrogens is 280 g/mol. The van der Waals surface area contributed by atoms with E-state index >= 15 is 0 Å². The van der Waals surface area contributed by atoms with Gasteiger partial charge in [0.05, 0.1) is 0 Å². The summed E-state index contributed by atoms with van der Waals surface area (Å²) in [5, 5.41) is 2.88. The van der Waals surface area contributed by atoms with Crippen LogP contribution in [0.3, 0.4) is 0 Å². The fourth-order valence-electron chi connectivity index (χ4n) is 1.46. The second-order valence-corrected chi connectivity index (χ2v) is 5.17. The van der Waals surface area contributed by atoms with Crippen molar-refractivity contribution in [3.05, 3.63) is 34.3 Å². The van der Waals surface area contributed by atoms with Crippen molar-refractivity contribution < 1.29 is 4.79 Å². The fourth-order valence-corrected chi connectivity index (χ4v) is 1.72. The van der Waals surface area contributed by atoms with E-state index in [4.69, 9.17) is 5.73 Å². The topological polar surface area (TPSA) is 55.1 Å². The number of benzene rings is 1. The molecular formula is C13H19BrN2O. The summed E-state index contributed by atoms with van der Waals surface area (Å²) < 4.78 is 0.962. The van der Waals surface area contributed by atoms with Crippen LogP contribution in [0.5, 0.6) is 0 Å². The van der Waals surface area contributed by atoms with Gasteiger partial charge in [0.2, 0.25) is 0 Å². The molecule has 0 saturated carbocycles. The standard InChI is InChI=1S/C13H19BrN2O/c1-3-13(15,4-2)9-16-12(17)10-5-7-11(14)8-6-10/h5-8H,3-4,9,15H2,1-2H3,(H,16,17). The molecule has 1 amide bonds. The zero-order valence-electron chi connectivity index (χ0n) is 10.3. The van der Waals surface area contributed by atoms with Gasteiger partial charge >= 0.3 is 0 Å². The summed E-state index contributed by atoms with van der Waals surface area (Å²) in [4.78, 5) is 11.9. The molecule has 1 aromatic carbocycles. The van der Waals surface area contributed by atoms with Gasteiger partial charge in [0.25, 0.3) is 5.91 Å². The molecule has 0 aromatic heterocycles. The Morgan fingerprint density at radius 1 is 1.29 bits per heavy atom. The Morgan fingerprint density at radius 2 is 1.82 bits per heavy atom. The maximum atomic E-state index is 11.9. The molecule has 0 unspecified atom stereocenters. The Morgan fingerprint density at radius 3 is 2.29 bits per heavy atom. The van der Waals surface area contributed by atoms with Gasteiger partial charge in [-0.3, -0.25) is 4.79 Å². The van der Waals surface area contributed by atoms with Crippen LogP contribution in [0.4, 0.5) is 0 Å². The average molecular weight is 299 g/mol. The first kappa shape index (κ1) is 14.2. The summed E-state index contributed by atoms with van der Waals surface area (Å²) in [6, 6.07) is 7.28. The van der Waals surface area contributed by atoms with E-state index in [1.165, 1.54) is 0 Å². The molecule has 1 aromatic rings. The molecule has 0 saturated heterocycles. The maximum Gasteiger partial charge on any atom is 0.251 e. The van der Waals surface area contributed by atoms with Gasteiger partial charge in [-0.05, 0) is 37.1 Å². The van der Waals surface area contributed by atoms with Gasteiger partial charge in [0, 0.05) is 22.1 Å². The summed E-state index contributed by atoms with van der Waals surface area (Å²) >= 11 is 3.34. The zero-order chi connectivity index (χ0) is 12.9. The van der Waals surface area contributed by atoms with Crippen molar-refractivity contribution in [1.29, 1.82) is 0 Å². The molecule has 0 fully saturated rings. The first-order valence-electron chi connectivity index (χ1n) is 5.83. The van der Waals surface area contributed by atoms with Crippen molar-refractivity contribution in [3.8, 4) is 0 Å². The molecule has 94 valence electrons. The molecule has 0 bridgehead atoms. The monoisotopic (exact) mass is 298 g/mol. The molecule has 0 aliphatic heterocycles. The van der Waals surface area contributed by atoms with Crippen LogP contribution in [0.2, 0.25) is 0 Å². The molecule has 0 radical (unpaired) electrons. The number of carbonyl (C=O) groups is 1. The second-order valence-electron chi connectivity index (χ2n) is 4.26.